The number of hydrogen-bond donors (Lipinski definition) is 1. The molecule has 1 saturated heterocycles. The van der Waals surface area contributed by atoms with Crippen molar-refractivity contribution in [2.45, 2.75) is 64.7 Å². The molecule has 6 heteroatoms. The van der Waals surface area contributed by atoms with Gasteiger partial charge in [-0.2, -0.15) is 0 Å². The standard InChI is InChI=1S/C21H31NO5/c1-16(2)11-12-18(21(24)25)19(14-17-8-4-3-5-9-17)22(15-23)27-20-10-6-7-13-26-20/h3-5,8-9,15-16,18-20H,6-7,10-14H2,1-2H3,(H,24,25)/t18-,19-,20?/m0/s1. The van der Waals surface area contributed by atoms with Gasteiger partial charge in [0.25, 0.3) is 0 Å². The Morgan fingerprint density at radius 2 is 2.04 bits per heavy atom. The molecule has 0 aliphatic carbocycles. The Bertz CT molecular complexity index is 571. The van der Waals surface area contributed by atoms with Crippen LogP contribution in [0.3, 0.4) is 0 Å². The molecule has 3 atom stereocenters. The summed E-state index contributed by atoms with van der Waals surface area (Å²) in [4.78, 5) is 29.6. The SMILES string of the molecule is CC(C)CC[C@H](C(=O)O)[C@H](Cc1ccccc1)N(C=O)OC1CCCCO1. The van der Waals surface area contributed by atoms with Crippen molar-refractivity contribution in [3.63, 3.8) is 0 Å². The number of hydroxylamine groups is 2. The maximum absolute atomic E-state index is 12.0. The lowest BCUT2D eigenvalue weighted by Gasteiger charge is -2.35. The highest BCUT2D eigenvalue weighted by molar-refractivity contribution is 5.71. The number of carboxylic acid groups (broad SMARTS) is 1. The molecular weight excluding hydrogens is 346 g/mol. The van der Waals surface area contributed by atoms with Crippen molar-refractivity contribution in [3.8, 4) is 0 Å². The lowest BCUT2D eigenvalue weighted by atomic mass is 9.87. The van der Waals surface area contributed by atoms with E-state index in [1.54, 1.807) is 0 Å². The molecule has 0 saturated carbocycles. The van der Waals surface area contributed by atoms with Crippen LogP contribution in [0.4, 0.5) is 0 Å². The second-order valence-corrected chi connectivity index (χ2v) is 7.54. The van der Waals surface area contributed by atoms with Gasteiger partial charge < -0.3 is 9.84 Å². The van der Waals surface area contributed by atoms with Crippen LogP contribution in [-0.2, 0) is 25.6 Å². The molecule has 1 aromatic carbocycles. The van der Waals surface area contributed by atoms with Gasteiger partial charge in [0.05, 0.1) is 12.0 Å². The number of amides is 1. The third-order valence-electron chi connectivity index (χ3n) is 4.93. The van der Waals surface area contributed by atoms with Gasteiger partial charge in [-0.1, -0.05) is 50.6 Å². The Hall–Kier alpha value is -1.92. The molecule has 0 aromatic heterocycles. The molecule has 150 valence electrons. The Kier molecular flexibility index (Phi) is 8.75. The van der Waals surface area contributed by atoms with Gasteiger partial charge in [-0.15, -0.1) is 0 Å². The number of aliphatic carboxylic acids is 1. The van der Waals surface area contributed by atoms with E-state index in [0.717, 1.165) is 24.8 Å². The van der Waals surface area contributed by atoms with Gasteiger partial charge in [-0.25, -0.2) is 9.90 Å². The van der Waals surface area contributed by atoms with Crippen LogP contribution in [0.2, 0.25) is 0 Å². The number of nitrogens with zero attached hydrogens (tertiary/aromatic N) is 1. The monoisotopic (exact) mass is 377 g/mol. The summed E-state index contributed by atoms with van der Waals surface area (Å²) in [5.41, 5.74) is 0.971. The van der Waals surface area contributed by atoms with Crippen molar-refractivity contribution >= 4 is 12.4 Å². The molecular formula is C21H31NO5. The van der Waals surface area contributed by atoms with E-state index < -0.39 is 24.2 Å². The molecule has 1 aliphatic heterocycles. The average molecular weight is 377 g/mol. The lowest BCUT2D eigenvalue weighted by Crippen LogP contribution is -2.47. The van der Waals surface area contributed by atoms with Gasteiger partial charge in [0.2, 0.25) is 6.41 Å². The number of carbonyl (C=O) groups is 2. The van der Waals surface area contributed by atoms with E-state index in [4.69, 9.17) is 9.57 Å². The Labute approximate surface area is 161 Å². The Morgan fingerprint density at radius 1 is 1.30 bits per heavy atom. The van der Waals surface area contributed by atoms with E-state index in [1.165, 1.54) is 5.06 Å². The van der Waals surface area contributed by atoms with E-state index in [-0.39, 0.29) is 0 Å². The predicted molar refractivity (Wildman–Crippen MR) is 102 cm³/mol. The fourth-order valence-corrected chi connectivity index (χ4v) is 3.37. The molecule has 1 heterocycles. The van der Waals surface area contributed by atoms with Crippen molar-refractivity contribution in [2.75, 3.05) is 6.61 Å². The van der Waals surface area contributed by atoms with E-state index in [1.807, 2.05) is 30.3 Å². The largest absolute Gasteiger partial charge is 0.481 e. The fourth-order valence-electron chi connectivity index (χ4n) is 3.37. The smallest absolute Gasteiger partial charge is 0.308 e. The zero-order valence-electron chi connectivity index (χ0n) is 16.3. The molecule has 2 rings (SSSR count). The van der Waals surface area contributed by atoms with Crippen LogP contribution in [0.5, 0.6) is 0 Å². The molecule has 1 N–H and O–H groups in total. The number of rotatable bonds is 11. The molecule has 1 unspecified atom stereocenters. The molecule has 1 aromatic rings. The normalized spacial score (nSPS) is 19.4. The van der Waals surface area contributed by atoms with E-state index >= 15 is 0 Å². The summed E-state index contributed by atoms with van der Waals surface area (Å²) in [7, 11) is 0. The topological polar surface area (TPSA) is 76.1 Å². The van der Waals surface area contributed by atoms with Crippen LogP contribution < -0.4 is 0 Å². The van der Waals surface area contributed by atoms with Crippen molar-refractivity contribution in [2.24, 2.45) is 11.8 Å². The Balaban J connectivity index is 2.21. The van der Waals surface area contributed by atoms with Gasteiger partial charge >= 0.3 is 5.97 Å². The highest BCUT2D eigenvalue weighted by Crippen LogP contribution is 2.25. The molecule has 0 spiro atoms. The molecule has 1 amide bonds. The molecule has 0 bridgehead atoms. The summed E-state index contributed by atoms with van der Waals surface area (Å²) in [6.07, 6.45) is 4.42. The first-order valence-corrected chi connectivity index (χ1v) is 9.80. The van der Waals surface area contributed by atoms with E-state index in [2.05, 4.69) is 13.8 Å². The summed E-state index contributed by atoms with van der Waals surface area (Å²) < 4.78 is 5.58. The number of benzene rings is 1. The summed E-state index contributed by atoms with van der Waals surface area (Å²) in [5.74, 6) is -1.23. The van der Waals surface area contributed by atoms with E-state index in [0.29, 0.717) is 38.2 Å². The van der Waals surface area contributed by atoms with Crippen LogP contribution in [0, 0.1) is 11.8 Å². The van der Waals surface area contributed by atoms with Crippen LogP contribution >= 0.6 is 0 Å². The fraction of sp³-hybridized carbons (Fsp3) is 0.619. The van der Waals surface area contributed by atoms with Crippen molar-refractivity contribution < 1.29 is 24.3 Å². The van der Waals surface area contributed by atoms with Gasteiger partial charge in [0.15, 0.2) is 6.29 Å². The number of carbonyl (C=O) groups excluding carboxylic acids is 1. The van der Waals surface area contributed by atoms with Crippen LogP contribution in [0.15, 0.2) is 30.3 Å². The van der Waals surface area contributed by atoms with Crippen LogP contribution in [0.1, 0.15) is 51.5 Å². The highest BCUT2D eigenvalue weighted by Gasteiger charge is 2.35. The Morgan fingerprint density at radius 3 is 2.59 bits per heavy atom. The summed E-state index contributed by atoms with van der Waals surface area (Å²) in [6.45, 7) is 4.72. The second-order valence-electron chi connectivity index (χ2n) is 7.54. The van der Waals surface area contributed by atoms with Crippen molar-refractivity contribution in [1.82, 2.24) is 5.06 Å². The summed E-state index contributed by atoms with van der Waals surface area (Å²) in [5, 5.41) is 11.0. The highest BCUT2D eigenvalue weighted by atomic mass is 16.8. The maximum Gasteiger partial charge on any atom is 0.308 e. The van der Waals surface area contributed by atoms with Crippen molar-refractivity contribution in [1.29, 1.82) is 0 Å². The molecule has 0 radical (unpaired) electrons. The first-order valence-electron chi connectivity index (χ1n) is 9.80. The summed E-state index contributed by atoms with van der Waals surface area (Å²) in [6, 6.07) is 9.02. The number of carboxylic acids is 1. The van der Waals surface area contributed by atoms with Gasteiger partial charge in [-0.05, 0) is 37.2 Å². The molecule has 27 heavy (non-hydrogen) atoms. The quantitative estimate of drug-likeness (QED) is 0.470. The molecule has 6 nitrogen and oxygen atoms in total. The van der Waals surface area contributed by atoms with Crippen LogP contribution in [-0.4, -0.2) is 41.5 Å². The van der Waals surface area contributed by atoms with Crippen molar-refractivity contribution in [3.05, 3.63) is 35.9 Å². The maximum atomic E-state index is 12.0. The number of ether oxygens (including phenoxy) is 1. The molecule has 1 fully saturated rings. The van der Waals surface area contributed by atoms with Crippen LogP contribution in [0.25, 0.3) is 0 Å². The minimum atomic E-state index is -0.906. The first kappa shape index (κ1) is 21.4. The van der Waals surface area contributed by atoms with Gasteiger partial charge in [0.1, 0.15) is 0 Å². The third kappa shape index (κ3) is 6.96. The average Bonchev–Trinajstić information content (AvgIpc) is 2.66. The second kappa shape index (κ2) is 11.0. The zero-order chi connectivity index (χ0) is 19.6. The zero-order valence-corrected chi connectivity index (χ0v) is 16.3. The number of hydrogen-bond acceptors (Lipinski definition) is 4. The first-order chi connectivity index (χ1) is 13.0. The van der Waals surface area contributed by atoms with Gasteiger partial charge in [-0.3, -0.25) is 9.59 Å². The lowest BCUT2D eigenvalue weighted by molar-refractivity contribution is -0.289. The minimum Gasteiger partial charge on any atom is -0.481 e. The van der Waals surface area contributed by atoms with E-state index in [9.17, 15) is 14.7 Å². The molecule has 1 aliphatic rings. The predicted octanol–water partition coefficient (Wildman–Crippen LogP) is 3.65. The third-order valence-corrected chi connectivity index (χ3v) is 4.93. The van der Waals surface area contributed by atoms with Gasteiger partial charge in [0, 0.05) is 13.0 Å². The minimum absolute atomic E-state index is 0.386. The summed E-state index contributed by atoms with van der Waals surface area (Å²) >= 11 is 0.